The zero-order valence-corrected chi connectivity index (χ0v) is 16.7. The summed E-state index contributed by atoms with van der Waals surface area (Å²) >= 11 is 3.41. The van der Waals surface area contributed by atoms with E-state index < -0.39 is 0 Å². The first-order chi connectivity index (χ1) is 12.1. The van der Waals surface area contributed by atoms with E-state index in [9.17, 15) is 4.79 Å². The van der Waals surface area contributed by atoms with Gasteiger partial charge in [0.15, 0.2) is 5.78 Å². The molecule has 1 aromatic heterocycles. The lowest BCUT2D eigenvalue weighted by Crippen LogP contribution is -2.56. The van der Waals surface area contributed by atoms with Crippen molar-refractivity contribution in [2.75, 3.05) is 25.1 Å². The van der Waals surface area contributed by atoms with E-state index >= 15 is 0 Å². The van der Waals surface area contributed by atoms with Gasteiger partial charge in [-0.05, 0) is 48.2 Å². The van der Waals surface area contributed by atoms with Gasteiger partial charge in [-0.15, -0.1) is 0 Å². The van der Waals surface area contributed by atoms with Gasteiger partial charge in [-0.25, -0.2) is 4.98 Å². The van der Waals surface area contributed by atoms with Crippen LogP contribution in [0.4, 0.5) is 5.82 Å². The summed E-state index contributed by atoms with van der Waals surface area (Å²) in [6.07, 6.45) is 9.46. The Hall–Kier alpha value is -0.980. The van der Waals surface area contributed by atoms with Crippen molar-refractivity contribution >= 4 is 27.5 Å². The van der Waals surface area contributed by atoms with Crippen molar-refractivity contribution in [3.8, 4) is 0 Å². The predicted octanol–water partition coefficient (Wildman–Crippen LogP) is 3.56. The molecule has 0 bridgehead atoms. The molecule has 138 valence electrons. The van der Waals surface area contributed by atoms with Crippen LogP contribution in [0, 0.1) is 0 Å². The maximum absolute atomic E-state index is 12.0. The zero-order valence-electron chi connectivity index (χ0n) is 15.1. The fraction of sp³-hybridized carbons (Fsp3) is 0.684. The van der Waals surface area contributed by atoms with Gasteiger partial charge in [0.1, 0.15) is 5.82 Å². The van der Waals surface area contributed by atoms with Gasteiger partial charge in [-0.2, -0.15) is 0 Å². The molecule has 5 nitrogen and oxygen atoms in total. The number of hydrogen-bond acceptors (Lipinski definition) is 5. The number of nitrogens with zero attached hydrogens (tertiary/aromatic N) is 2. The lowest BCUT2D eigenvalue weighted by molar-refractivity contribution is 0.0533. The Morgan fingerprint density at radius 2 is 2.08 bits per heavy atom. The topological polar surface area (TPSA) is 54.5 Å². The fourth-order valence-corrected chi connectivity index (χ4v) is 4.38. The van der Waals surface area contributed by atoms with Crippen molar-refractivity contribution in [3.63, 3.8) is 0 Å². The van der Waals surface area contributed by atoms with Crippen molar-refractivity contribution in [2.45, 2.75) is 63.6 Å². The van der Waals surface area contributed by atoms with Crippen molar-refractivity contribution in [1.82, 2.24) is 10.3 Å². The number of ether oxygens (including phenoxy) is 1. The molecule has 2 atom stereocenters. The molecule has 2 fully saturated rings. The molecule has 25 heavy (non-hydrogen) atoms. The molecule has 1 aromatic rings. The number of pyridine rings is 1. The molecule has 0 spiro atoms. The second-order valence-corrected chi connectivity index (χ2v) is 8.11. The van der Waals surface area contributed by atoms with E-state index in [-0.39, 0.29) is 11.9 Å². The molecule has 1 saturated heterocycles. The van der Waals surface area contributed by atoms with E-state index in [0.29, 0.717) is 17.6 Å². The van der Waals surface area contributed by atoms with Crippen LogP contribution >= 0.6 is 15.9 Å². The third-order valence-corrected chi connectivity index (χ3v) is 5.86. The van der Waals surface area contributed by atoms with E-state index in [1.165, 1.54) is 32.1 Å². The highest BCUT2D eigenvalue weighted by Gasteiger charge is 2.32. The molecule has 2 aliphatic rings. The lowest BCUT2D eigenvalue weighted by Gasteiger charge is -2.41. The minimum Gasteiger partial charge on any atom is -0.378 e. The summed E-state index contributed by atoms with van der Waals surface area (Å²) in [5.74, 6) is 0.814. The Bertz CT molecular complexity index is 604. The molecule has 3 rings (SSSR count). The fourth-order valence-electron chi connectivity index (χ4n) is 4.05. The maximum atomic E-state index is 12.0. The number of methoxy groups -OCH3 is 1. The number of ketones is 1. The summed E-state index contributed by atoms with van der Waals surface area (Å²) in [5.41, 5.74) is 0.669. The smallest absolute Gasteiger partial charge is 0.163 e. The van der Waals surface area contributed by atoms with E-state index in [4.69, 9.17) is 4.74 Å². The summed E-state index contributed by atoms with van der Waals surface area (Å²) in [7, 11) is 1.78. The molecule has 1 N–H and O–H groups in total. The van der Waals surface area contributed by atoms with Crippen molar-refractivity contribution < 1.29 is 9.53 Å². The van der Waals surface area contributed by atoms with Gasteiger partial charge in [0.25, 0.3) is 0 Å². The number of anilines is 1. The summed E-state index contributed by atoms with van der Waals surface area (Å²) < 4.78 is 6.63. The molecule has 0 radical (unpaired) electrons. The van der Waals surface area contributed by atoms with Gasteiger partial charge < -0.3 is 15.0 Å². The van der Waals surface area contributed by atoms with Gasteiger partial charge in [0, 0.05) is 43.0 Å². The first-order valence-electron chi connectivity index (χ1n) is 9.28. The summed E-state index contributed by atoms with van der Waals surface area (Å²) in [5, 5.41) is 3.83. The lowest BCUT2D eigenvalue weighted by atomic mass is 9.92. The van der Waals surface area contributed by atoms with Gasteiger partial charge in [0.05, 0.1) is 11.7 Å². The number of nitrogens with one attached hydrogen (secondary N) is 1. The number of aromatic nitrogens is 1. The standard InChI is InChI=1S/C19H28BrN3O2/c1-13(24)16-10-14(20)11-21-19(16)23-9-8-17(18(12-23)25-2)22-15-6-4-3-5-7-15/h10-11,15,17-18,22H,3-9,12H2,1-2H3. The largest absolute Gasteiger partial charge is 0.378 e. The number of hydrogen-bond donors (Lipinski definition) is 1. The molecule has 0 amide bonds. The normalized spacial score (nSPS) is 25.2. The van der Waals surface area contributed by atoms with E-state index in [1.54, 1.807) is 20.2 Å². The predicted molar refractivity (Wildman–Crippen MR) is 103 cm³/mol. The molecule has 6 heteroatoms. The number of carbonyl (C=O) groups excluding carboxylic acids is 1. The molecule has 1 aliphatic heterocycles. The first kappa shape index (κ1) is 18.8. The van der Waals surface area contributed by atoms with Crippen LogP contribution in [0.3, 0.4) is 0 Å². The summed E-state index contributed by atoms with van der Waals surface area (Å²) in [6.45, 7) is 3.24. The molecular weight excluding hydrogens is 382 g/mol. The van der Waals surface area contributed by atoms with Gasteiger partial charge in [0.2, 0.25) is 0 Å². The molecule has 1 aliphatic carbocycles. The second kappa shape index (κ2) is 8.60. The number of carbonyl (C=O) groups is 1. The molecule has 2 heterocycles. The number of Topliss-reactive ketones (excluding diaryl/α,β-unsaturated/α-hetero) is 1. The highest BCUT2D eigenvalue weighted by atomic mass is 79.9. The third-order valence-electron chi connectivity index (χ3n) is 5.43. The van der Waals surface area contributed by atoms with Crippen molar-refractivity contribution in [3.05, 3.63) is 22.3 Å². The molecule has 0 aromatic carbocycles. The van der Waals surface area contributed by atoms with Crippen molar-refractivity contribution in [1.29, 1.82) is 0 Å². The number of rotatable bonds is 5. The van der Waals surface area contributed by atoms with Crippen LogP contribution in [-0.4, -0.2) is 49.2 Å². The minimum atomic E-state index is 0.0419. The van der Waals surface area contributed by atoms with Crippen LogP contribution in [0.15, 0.2) is 16.7 Å². The van der Waals surface area contributed by atoms with Crippen LogP contribution in [0.25, 0.3) is 0 Å². The Morgan fingerprint density at radius 3 is 2.76 bits per heavy atom. The Morgan fingerprint density at radius 1 is 1.32 bits per heavy atom. The third kappa shape index (κ3) is 4.60. The van der Waals surface area contributed by atoms with E-state index in [1.807, 2.05) is 6.07 Å². The zero-order chi connectivity index (χ0) is 17.8. The minimum absolute atomic E-state index is 0.0419. The molecule has 2 unspecified atom stereocenters. The number of piperidine rings is 1. The summed E-state index contributed by atoms with van der Waals surface area (Å²) in [6, 6.07) is 2.86. The maximum Gasteiger partial charge on any atom is 0.163 e. The first-order valence-corrected chi connectivity index (χ1v) is 10.1. The SMILES string of the molecule is COC1CN(c2ncc(Br)cc2C(C)=O)CCC1NC1CCCCC1. The number of halogens is 1. The quantitative estimate of drug-likeness (QED) is 0.753. The Labute approximate surface area is 158 Å². The van der Waals surface area contributed by atoms with Crippen LogP contribution in [0.2, 0.25) is 0 Å². The van der Waals surface area contributed by atoms with Crippen LogP contribution < -0.4 is 10.2 Å². The monoisotopic (exact) mass is 409 g/mol. The highest BCUT2D eigenvalue weighted by molar-refractivity contribution is 9.10. The molecule has 1 saturated carbocycles. The summed E-state index contributed by atoms with van der Waals surface area (Å²) in [4.78, 5) is 18.7. The average molecular weight is 410 g/mol. The van der Waals surface area contributed by atoms with Crippen LogP contribution in [0.5, 0.6) is 0 Å². The van der Waals surface area contributed by atoms with Crippen LogP contribution in [-0.2, 0) is 4.74 Å². The van der Waals surface area contributed by atoms with E-state index in [2.05, 4.69) is 31.1 Å². The van der Waals surface area contributed by atoms with Crippen molar-refractivity contribution in [2.24, 2.45) is 0 Å². The van der Waals surface area contributed by atoms with Gasteiger partial charge in [-0.3, -0.25) is 4.79 Å². The van der Waals surface area contributed by atoms with Crippen LogP contribution in [0.1, 0.15) is 55.8 Å². The Kier molecular flexibility index (Phi) is 6.47. The van der Waals surface area contributed by atoms with Gasteiger partial charge in [-0.1, -0.05) is 19.3 Å². The van der Waals surface area contributed by atoms with E-state index in [0.717, 1.165) is 29.8 Å². The highest BCUT2D eigenvalue weighted by Crippen LogP contribution is 2.27. The van der Waals surface area contributed by atoms with Gasteiger partial charge >= 0.3 is 0 Å². The molecular formula is C19H28BrN3O2. The second-order valence-electron chi connectivity index (χ2n) is 7.20. The Balaban J connectivity index is 1.70. The average Bonchev–Trinajstić information content (AvgIpc) is 2.63.